The number of hydrogen-bond donors (Lipinski definition) is 1. The molecule has 0 aliphatic carbocycles. The highest BCUT2D eigenvalue weighted by atomic mass is 32.2. The van der Waals surface area contributed by atoms with Crippen LogP contribution < -0.4 is 0 Å². The molecule has 0 atom stereocenters. The van der Waals surface area contributed by atoms with Gasteiger partial charge in [-0.3, -0.25) is 9.59 Å². The number of carbonyl (C=O) groups excluding carboxylic acids is 2. The molecule has 0 spiro atoms. The first kappa shape index (κ1) is 27.2. The van der Waals surface area contributed by atoms with Crippen LogP contribution in [-0.2, 0) is 28.6 Å². The summed E-state index contributed by atoms with van der Waals surface area (Å²) < 4.78 is 74.2. The predicted octanol–water partition coefficient (Wildman–Crippen LogP) is 4.09. The van der Waals surface area contributed by atoms with Gasteiger partial charge in [0, 0.05) is 35.9 Å². The maximum absolute atomic E-state index is 12.7. The van der Waals surface area contributed by atoms with Crippen molar-refractivity contribution in [3.05, 3.63) is 40.0 Å². The van der Waals surface area contributed by atoms with E-state index in [-0.39, 0.29) is 36.1 Å². The number of H-pyrrole nitrogens is 1. The first-order valence-electron chi connectivity index (χ1n) is 10.3. The van der Waals surface area contributed by atoms with Crippen LogP contribution >= 0.6 is 0 Å². The molecule has 0 radical (unpaired) electrons. The Hall–Kier alpha value is -3.09. The normalized spacial score (nSPS) is 15.2. The first-order chi connectivity index (χ1) is 15.8. The number of aryl methyl sites for hydroxylation is 1. The highest BCUT2D eigenvalue weighted by Crippen LogP contribution is 2.30. The number of methoxy groups -OCH3 is 1. The molecule has 0 amide bonds. The van der Waals surface area contributed by atoms with E-state index in [1.165, 1.54) is 13.2 Å². The van der Waals surface area contributed by atoms with Crippen LogP contribution in [0.1, 0.15) is 59.9 Å². The van der Waals surface area contributed by atoms with Crippen molar-refractivity contribution in [1.82, 2.24) is 4.98 Å². The lowest BCUT2D eigenvalue weighted by Crippen LogP contribution is -2.27. The number of aliphatic imine (C=N–C) groups is 1. The van der Waals surface area contributed by atoms with Crippen molar-refractivity contribution in [2.24, 2.45) is 4.99 Å². The lowest BCUT2D eigenvalue weighted by Gasteiger charge is -2.07. The van der Waals surface area contributed by atoms with E-state index in [9.17, 15) is 31.2 Å². The van der Waals surface area contributed by atoms with Crippen molar-refractivity contribution in [3.8, 4) is 0 Å². The number of rotatable bonds is 10. The van der Waals surface area contributed by atoms with Crippen molar-refractivity contribution in [2.75, 3.05) is 13.7 Å². The molecular formula is C21H25F3N2O7S. The van der Waals surface area contributed by atoms with Gasteiger partial charge in [-0.25, -0.2) is 4.99 Å². The molecule has 0 bridgehead atoms. The number of hydrogen-bond acceptors (Lipinski definition) is 8. The Bertz CT molecular complexity index is 1150. The number of nitrogens with zero attached hydrogens (tertiary/aromatic N) is 1. The number of esters is 1. The van der Waals surface area contributed by atoms with Gasteiger partial charge in [-0.1, -0.05) is 0 Å². The zero-order chi connectivity index (χ0) is 25.7. The van der Waals surface area contributed by atoms with Crippen LogP contribution in [0.4, 0.5) is 13.2 Å². The molecule has 1 aromatic rings. The summed E-state index contributed by atoms with van der Waals surface area (Å²) in [7, 11) is -4.66. The van der Waals surface area contributed by atoms with Gasteiger partial charge >= 0.3 is 21.6 Å². The van der Waals surface area contributed by atoms with Gasteiger partial charge in [0.15, 0.2) is 5.78 Å². The van der Waals surface area contributed by atoms with Gasteiger partial charge in [0.05, 0.1) is 13.7 Å². The number of nitrogens with one attached hydrogen (secondary N) is 1. The second kappa shape index (κ2) is 10.9. The molecule has 1 N–H and O–H groups in total. The fraction of sp³-hybridized carbons (Fsp3) is 0.476. The van der Waals surface area contributed by atoms with Gasteiger partial charge in [0.25, 0.3) is 0 Å². The predicted molar refractivity (Wildman–Crippen MR) is 116 cm³/mol. The molecule has 0 saturated carbocycles. The van der Waals surface area contributed by atoms with Crippen molar-refractivity contribution in [1.29, 1.82) is 0 Å². The van der Waals surface area contributed by atoms with E-state index < -0.39 is 21.5 Å². The van der Waals surface area contributed by atoms with Gasteiger partial charge in [-0.2, -0.15) is 21.6 Å². The monoisotopic (exact) mass is 506 g/mol. The molecule has 0 saturated heterocycles. The quantitative estimate of drug-likeness (QED) is 0.167. The van der Waals surface area contributed by atoms with E-state index in [0.717, 1.165) is 6.08 Å². The van der Waals surface area contributed by atoms with Gasteiger partial charge in [0.1, 0.15) is 11.5 Å². The van der Waals surface area contributed by atoms with Crippen LogP contribution in [0, 0.1) is 13.8 Å². The van der Waals surface area contributed by atoms with Crippen molar-refractivity contribution < 1.29 is 44.8 Å². The number of aromatic nitrogens is 1. The van der Waals surface area contributed by atoms with E-state index in [1.54, 1.807) is 20.8 Å². The summed E-state index contributed by atoms with van der Waals surface area (Å²) in [6, 6.07) is 0. The molecule has 34 heavy (non-hydrogen) atoms. The molecule has 188 valence electrons. The Morgan fingerprint density at radius 2 is 1.82 bits per heavy atom. The average Bonchev–Trinajstić information content (AvgIpc) is 3.23. The van der Waals surface area contributed by atoms with Crippen molar-refractivity contribution in [3.63, 3.8) is 0 Å². The summed E-state index contributed by atoms with van der Waals surface area (Å²) in [5.74, 6) is -1.29. The third-order valence-corrected chi connectivity index (χ3v) is 5.77. The summed E-state index contributed by atoms with van der Waals surface area (Å²) in [6.07, 6.45) is 3.76. The third-order valence-electron chi connectivity index (χ3n) is 4.81. The number of carbonyl (C=O) groups is 2. The summed E-state index contributed by atoms with van der Waals surface area (Å²) >= 11 is 0. The molecule has 1 aliphatic heterocycles. The maximum Gasteiger partial charge on any atom is 0.534 e. The number of halogens is 3. The maximum atomic E-state index is 12.7. The molecule has 13 heteroatoms. The number of unbranched alkanes of at least 4 members (excludes halogenated alkanes) is 1. The summed E-state index contributed by atoms with van der Waals surface area (Å²) in [6.45, 7) is 5.39. The van der Waals surface area contributed by atoms with Crippen LogP contribution in [0.3, 0.4) is 0 Å². The smallest absolute Gasteiger partial charge is 0.494 e. The molecule has 2 heterocycles. The molecular weight excluding hydrogens is 481 g/mol. The Balaban J connectivity index is 2.19. The largest absolute Gasteiger partial charge is 0.534 e. The fourth-order valence-electron chi connectivity index (χ4n) is 3.25. The van der Waals surface area contributed by atoms with Gasteiger partial charge in [0.2, 0.25) is 5.90 Å². The second-order valence-corrected chi connectivity index (χ2v) is 8.81. The summed E-state index contributed by atoms with van der Waals surface area (Å²) in [5, 5.41) is 0. The number of ether oxygens (including phenoxy) is 2. The lowest BCUT2D eigenvalue weighted by atomic mass is 10.0. The van der Waals surface area contributed by atoms with E-state index in [1.807, 2.05) is 0 Å². The molecule has 2 rings (SSSR count). The number of alkyl halides is 3. The highest BCUT2D eigenvalue weighted by molar-refractivity contribution is 7.88. The fourth-order valence-corrected chi connectivity index (χ4v) is 3.65. The zero-order valence-corrected chi connectivity index (χ0v) is 19.9. The number of Topliss-reactive ketones (excluding diaryl/α,β-unsaturated/α-hetero) is 1. The summed E-state index contributed by atoms with van der Waals surface area (Å²) in [5.41, 5.74) is -3.57. The molecule has 1 aliphatic rings. The second-order valence-electron chi connectivity index (χ2n) is 7.27. The standard InChI is InChI=1S/C21H25F3N2O7S/c1-5-32-19(28)9-7-6-8-16(27)20-12(2)14(25-13(20)3)10-15-17(31-4)11-18(26-15)33-34(29,30)21(22,23)24/h10-11,25H,5-9H2,1-4H3/b15-10-. The SMILES string of the molecule is CCOC(=O)CCCCC(=O)c1c(C)[nH]c(/C=C2\N=C(OS(=O)(=O)C(F)(F)F)C=C2OC)c1C. The minimum absolute atomic E-state index is 0.00709. The number of ketones is 1. The molecule has 1 aromatic heterocycles. The van der Waals surface area contributed by atoms with Crippen LogP contribution in [0.5, 0.6) is 0 Å². The van der Waals surface area contributed by atoms with Gasteiger partial charge < -0.3 is 18.6 Å². The van der Waals surface area contributed by atoms with Crippen LogP contribution in [-0.4, -0.2) is 50.3 Å². The average molecular weight is 506 g/mol. The molecule has 0 aromatic carbocycles. The topological polar surface area (TPSA) is 124 Å². The van der Waals surface area contributed by atoms with Crippen molar-refractivity contribution >= 4 is 33.8 Å². The Morgan fingerprint density at radius 3 is 2.41 bits per heavy atom. The van der Waals surface area contributed by atoms with Crippen LogP contribution in [0.25, 0.3) is 6.08 Å². The number of aromatic amines is 1. The Labute approximate surface area is 194 Å². The van der Waals surface area contributed by atoms with Crippen LogP contribution in [0.2, 0.25) is 0 Å². The zero-order valence-electron chi connectivity index (χ0n) is 19.0. The third kappa shape index (κ3) is 6.49. The minimum atomic E-state index is -5.89. The Morgan fingerprint density at radius 1 is 1.18 bits per heavy atom. The highest BCUT2D eigenvalue weighted by Gasteiger charge is 2.49. The molecule has 0 unspecified atom stereocenters. The summed E-state index contributed by atoms with van der Waals surface area (Å²) in [4.78, 5) is 30.9. The van der Waals surface area contributed by atoms with Gasteiger partial charge in [-0.05, 0) is 45.3 Å². The molecule has 0 fully saturated rings. The first-order valence-corrected chi connectivity index (χ1v) is 11.7. The Kier molecular flexibility index (Phi) is 8.70. The molecule has 9 nitrogen and oxygen atoms in total. The van der Waals surface area contributed by atoms with E-state index in [2.05, 4.69) is 14.2 Å². The minimum Gasteiger partial charge on any atom is -0.494 e. The van der Waals surface area contributed by atoms with Gasteiger partial charge in [-0.15, -0.1) is 0 Å². The van der Waals surface area contributed by atoms with Crippen molar-refractivity contribution in [2.45, 2.75) is 52.0 Å². The lowest BCUT2D eigenvalue weighted by molar-refractivity contribution is -0.143. The van der Waals surface area contributed by atoms with Crippen LogP contribution in [0.15, 0.2) is 22.5 Å². The van der Waals surface area contributed by atoms with E-state index in [0.29, 0.717) is 42.0 Å². The van der Waals surface area contributed by atoms with E-state index >= 15 is 0 Å². The van der Waals surface area contributed by atoms with E-state index in [4.69, 9.17) is 9.47 Å².